The minimum absolute atomic E-state index is 0. The largest absolute Gasteiger partial charge is 0.333 e. The van der Waals surface area contributed by atoms with Gasteiger partial charge in [0.15, 0.2) is 5.69 Å². The van der Waals surface area contributed by atoms with Crippen LogP contribution >= 0.6 is 24.8 Å². The summed E-state index contributed by atoms with van der Waals surface area (Å²) in [5.41, 5.74) is 7.88. The fourth-order valence-electron chi connectivity index (χ4n) is 2.63. The molecule has 28 heavy (non-hydrogen) atoms. The lowest BCUT2D eigenvalue weighted by atomic mass is 10.2. The fourth-order valence-corrected chi connectivity index (χ4v) is 2.63. The van der Waals surface area contributed by atoms with Gasteiger partial charge in [0.1, 0.15) is 0 Å². The smallest absolute Gasteiger partial charge is 0.276 e. The molecule has 0 atom stereocenters. The topological polar surface area (TPSA) is 89.9 Å². The normalized spacial score (nSPS) is 9.89. The van der Waals surface area contributed by atoms with Crippen molar-refractivity contribution in [3.05, 3.63) is 77.9 Å². The van der Waals surface area contributed by atoms with Crippen LogP contribution < -0.4 is 5.73 Å². The van der Waals surface area contributed by atoms with E-state index in [9.17, 15) is 4.79 Å². The summed E-state index contributed by atoms with van der Waals surface area (Å²) in [5, 5.41) is 8.10. The van der Waals surface area contributed by atoms with E-state index in [2.05, 4.69) is 15.3 Å². The van der Waals surface area contributed by atoms with Crippen molar-refractivity contribution in [2.24, 2.45) is 5.73 Å². The lowest BCUT2D eigenvalue weighted by Crippen LogP contribution is -2.32. The summed E-state index contributed by atoms with van der Waals surface area (Å²) in [5.74, 6) is -0.144. The van der Waals surface area contributed by atoms with Gasteiger partial charge in [0.05, 0.1) is 18.4 Å². The van der Waals surface area contributed by atoms with Gasteiger partial charge < -0.3 is 10.6 Å². The predicted octanol–water partition coefficient (Wildman–Crippen LogP) is 2.56. The van der Waals surface area contributed by atoms with Crippen LogP contribution in [0.4, 0.5) is 0 Å². The Morgan fingerprint density at radius 3 is 2.50 bits per heavy atom. The summed E-state index contributed by atoms with van der Waals surface area (Å²) in [6.45, 7) is 2.11. The number of nitrogens with two attached hydrogens (primary N) is 1. The molecule has 0 aliphatic carbocycles. The Kier molecular flexibility index (Phi) is 10.2. The van der Waals surface area contributed by atoms with Crippen LogP contribution in [0.5, 0.6) is 0 Å². The van der Waals surface area contributed by atoms with Crippen molar-refractivity contribution in [1.29, 1.82) is 0 Å². The zero-order valence-electron chi connectivity index (χ0n) is 15.3. The molecule has 0 radical (unpaired) electrons. The van der Waals surface area contributed by atoms with Crippen LogP contribution in [-0.4, -0.2) is 43.9 Å². The SMILES string of the molecule is Cl.Cl.NCCCN(Cc1ccccc1)C(=O)c1cn(Cc2ccccn2)nn1. The monoisotopic (exact) mass is 422 g/mol. The van der Waals surface area contributed by atoms with Gasteiger partial charge in [-0.15, -0.1) is 29.9 Å². The van der Waals surface area contributed by atoms with Crippen LogP contribution in [0.3, 0.4) is 0 Å². The second-order valence-corrected chi connectivity index (χ2v) is 5.98. The second-order valence-electron chi connectivity index (χ2n) is 5.98. The number of carbonyl (C=O) groups is 1. The Hall–Kier alpha value is -2.48. The van der Waals surface area contributed by atoms with E-state index >= 15 is 0 Å². The van der Waals surface area contributed by atoms with E-state index in [1.807, 2.05) is 48.5 Å². The van der Waals surface area contributed by atoms with Crippen LogP contribution in [0, 0.1) is 0 Å². The molecule has 3 aromatic rings. The summed E-state index contributed by atoms with van der Waals surface area (Å²) < 4.78 is 1.62. The number of pyridine rings is 1. The minimum Gasteiger partial charge on any atom is -0.333 e. The standard InChI is InChI=1S/C19H22N6O.2ClH/c20-10-6-12-24(13-16-7-2-1-3-8-16)19(26)18-15-25(23-22-18)14-17-9-4-5-11-21-17;;/h1-5,7-9,11,15H,6,10,12-14,20H2;2*1H. The Balaban J connectivity index is 0.00000196. The van der Waals surface area contributed by atoms with Crippen LogP contribution in [0.25, 0.3) is 0 Å². The summed E-state index contributed by atoms with van der Waals surface area (Å²) in [6, 6.07) is 15.6. The van der Waals surface area contributed by atoms with Crippen molar-refractivity contribution >= 4 is 30.7 Å². The lowest BCUT2D eigenvalue weighted by Gasteiger charge is -2.21. The third kappa shape index (κ3) is 6.60. The molecule has 0 aliphatic rings. The molecule has 0 unspecified atom stereocenters. The molecule has 1 amide bonds. The summed E-state index contributed by atoms with van der Waals surface area (Å²) in [4.78, 5) is 18.9. The van der Waals surface area contributed by atoms with Gasteiger partial charge in [-0.25, -0.2) is 4.68 Å². The highest BCUT2D eigenvalue weighted by Crippen LogP contribution is 2.09. The first kappa shape index (κ1) is 23.6. The van der Waals surface area contributed by atoms with Crippen molar-refractivity contribution in [3.8, 4) is 0 Å². The third-order valence-corrected chi connectivity index (χ3v) is 3.94. The van der Waals surface area contributed by atoms with Gasteiger partial charge in [0.25, 0.3) is 5.91 Å². The van der Waals surface area contributed by atoms with Crippen molar-refractivity contribution in [1.82, 2.24) is 24.9 Å². The molecule has 0 saturated heterocycles. The van der Waals surface area contributed by atoms with Gasteiger partial charge in [-0.05, 0) is 30.7 Å². The van der Waals surface area contributed by atoms with E-state index in [4.69, 9.17) is 5.73 Å². The Morgan fingerprint density at radius 1 is 1.07 bits per heavy atom. The first-order valence-corrected chi connectivity index (χ1v) is 8.59. The molecule has 9 heteroatoms. The first-order valence-electron chi connectivity index (χ1n) is 8.59. The van der Waals surface area contributed by atoms with E-state index in [1.54, 1.807) is 22.0 Å². The first-order chi connectivity index (χ1) is 12.8. The van der Waals surface area contributed by atoms with Crippen molar-refractivity contribution in [3.63, 3.8) is 0 Å². The van der Waals surface area contributed by atoms with Crippen molar-refractivity contribution < 1.29 is 4.79 Å². The van der Waals surface area contributed by atoms with E-state index in [0.717, 1.165) is 17.7 Å². The summed E-state index contributed by atoms with van der Waals surface area (Å²) >= 11 is 0. The highest BCUT2D eigenvalue weighted by atomic mass is 35.5. The predicted molar refractivity (Wildman–Crippen MR) is 113 cm³/mol. The number of rotatable bonds is 8. The summed E-state index contributed by atoms with van der Waals surface area (Å²) in [6.07, 6.45) is 4.13. The highest BCUT2D eigenvalue weighted by Gasteiger charge is 2.19. The maximum absolute atomic E-state index is 12.9. The number of carbonyl (C=O) groups excluding carboxylic acids is 1. The van der Waals surface area contributed by atoms with Gasteiger partial charge in [-0.1, -0.05) is 41.6 Å². The molecule has 0 spiro atoms. The molecule has 3 rings (SSSR count). The van der Waals surface area contributed by atoms with E-state index < -0.39 is 0 Å². The number of hydrogen-bond donors (Lipinski definition) is 1. The summed E-state index contributed by atoms with van der Waals surface area (Å²) in [7, 11) is 0. The van der Waals surface area contributed by atoms with Crippen LogP contribution in [0.1, 0.15) is 28.2 Å². The molecular weight excluding hydrogens is 399 g/mol. The third-order valence-electron chi connectivity index (χ3n) is 3.94. The van der Waals surface area contributed by atoms with Gasteiger partial charge >= 0.3 is 0 Å². The molecular formula is C19H24Cl2N6O. The van der Waals surface area contributed by atoms with Crippen LogP contribution in [0.15, 0.2) is 60.9 Å². The Morgan fingerprint density at radius 2 is 1.82 bits per heavy atom. The van der Waals surface area contributed by atoms with Crippen LogP contribution in [-0.2, 0) is 13.1 Å². The van der Waals surface area contributed by atoms with Crippen LogP contribution in [0.2, 0.25) is 0 Å². The van der Waals surface area contributed by atoms with Crippen molar-refractivity contribution in [2.45, 2.75) is 19.5 Å². The number of amides is 1. The maximum atomic E-state index is 12.9. The fraction of sp³-hybridized carbons (Fsp3) is 0.263. The van der Waals surface area contributed by atoms with Gasteiger partial charge in [-0.3, -0.25) is 9.78 Å². The number of hydrogen-bond acceptors (Lipinski definition) is 5. The quantitative estimate of drug-likeness (QED) is 0.602. The molecule has 7 nitrogen and oxygen atoms in total. The number of halogens is 2. The zero-order valence-corrected chi connectivity index (χ0v) is 17.0. The molecule has 150 valence electrons. The van der Waals surface area contributed by atoms with Gasteiger partial charge in [0, 0.05) is 19.3 Å². The highest BCUT2D eigenvalue weighted by molar-refractivity contribution is 5.91. The molecule has 2 N–H and O–H groups in total. The number of aromatic nitrogens is 4. The molecule has 0 bridgehead atoms. The molecule has 2 heterocycles. The van der Waals surface area contributed by atoms with E-state index in [-0.39, 0.29) is 30.7 Å². The molecule has 0 fully saturated rings. The number of nitrogens with zero attached hydrogens (tertiary/aromatic N) is 5. The van der Waals surface area contributed by atoms with Gasteiger partial charge in [0.2, 0.25) is 0 Å². The zero-order chi connectivity index (χ0) is 18.2. The van der Waals surface area contributed by atoms with Gasteiger partial charge in [-0.2, -0.15) is 0 Å². The minimum atomic E-state index is -0.144. The average Bonchev–Trinajstić information content (AvgIpc) is 3.14. The van der Waals surface area contributed by atoms with E-state index in [0.29, 0.717) is 31.9 Å². The Labute approximate surface area is 176 Å². The number of benzene rings is 1. The molecule has 2 aromatic heterocycles. The Bertz CT molecular complexity index is 829. The molecule has 1 aromatic carbocycles. The molecule has 0 saturated carbocycles. The average molecular weight is 423 g/mol. The van der Waals surface area contributed by atoms with Crippen molar-refractivity contribution in [2.75, 3.05) is 13.1 Å². The molecule has 0 aliphatic heterocycles. The lowest BCUT2D eigenvalue weighted by molar-refractivity contribution is 0.0736. The van der Waals surface area contributed by atoms with E-state index in [1.165, 1.54) is 0 Å². The maximum Gasteiger partial charge on any atom is 0.276 e. The second kappa shape index (κ2) is 12.1.